The smallest absolute Gasteiger partial charge is 0.251 e. The first-order chi connectivity index (χ1) is 17.8. The van der Waals surface area contributed by atoms with Gasteiger partial charge in [-0.05, 0) is 56.4 Å². The first-order valence-corrected chi connectivity index (χ1v) is 13.5. The molecular weight excluding hydrogens is 464 g/mol. The molecule has 4 unspecified atom stereocenters. The van der Waals surface area contributed by atoms with Crippen LogP contribution >= 0.6 is 0 Å². The second kappa shape index (κ2) is 10.7. The Hall–Kier alpha value is -3.16. The third-order valence-corrected chi connectivity index (χ3v) is 8.19. The van der Waals surface area contributed by atoms with Gasteiger partial charge >= 0.3 is 0 Å². The number of piperidine rings is 1. The van der Waals surface area contributed by atoms with Crippen LogP contribution in [0.15, 0.2) is 48.7 Å². The number of morpholine rings is 1. The van der Waals surface area contributed by atoms with Crippen molar-refractivity contribution in [1.29, 1.82) is 0 Å². The lowest BCUT2D eigenvalue weighted by Crippen LogP contribution is -2.50. The monoisotopic (exact) mass is 502 g/mol. The number of pyridine rings is 1. The fourth-order valence-electron chi connectivity index (χ4n) is 6.10. The van der Waals surface area contributed by atoms with E-state index in [2.05, 4.69) is 58.2 Å². The summed E-state index contributed by atoms with van der Waals surface area (Å²) in [5, 5.41) is 6.14. The van der Waals surface area contributed by atoms with Gasteiger partial charge in [0.25, 0.3) is 5.91 Å². The Morgan fingerprint density at radius 1 is 1.16 bits per heavy atom. The molecule has 0 radical (unpaired) electrons. The molecular formula is C30H38N4O3. The predicted octanol–water partition coefficient (Wildman–Crippen LogP) is 4.20. The number of carbonyl (C=O) groups is 2. The molecule has 4 heterocycles. The van der Waals surface area contributed by atoms with Gasteiger partial charge in [0.1, 0.15) is 0 Å². The van der Waals surface area contributed by atoms with E-state index in [-0.39, 0.29) is 35.7 Å². The second-order valence-electron chi connectivity index (χ2n) is 10.7. The molecule has 0 saturated carbocycles. The molecule has 37 heavy (non-hydrogen) atoms. The van der Waals surface area contributed by atoms with Gasteiger partial charge in [-0.2, -0.15) is 0 Å². The number of nitrogens with one attached hydrogen (secondary N) is 2. The van der Waals surface area contributed by atoms with Crippen LogP contribution in [-0.2, 0) is 9.53 Å². The van der Waals surface area contributed by atoms with E-state index in [1.54, 1.807) is 0 Å². The molecule has 1 aromatic carbocycles. The molecule has 2 saturated heterocycles. The summed E-state index contributed by atoms with van der Waals surface area (Å²) < 4.78 is 7.84. The predicted molar refractivity (Wildman–Crippen MR) is 146 cm³/mol. The number of rotatable bonds is 6. The largest absolute Gasteiger partial charge is 0.379 e. The Bertz CT molecular complexity index is 1280. The van der Waals surface area contributed by atoms with Gasteiger partial charge in [0.2, 0.25) is 5.91 Å². The highest BCUT2D eigenvalue weighted by molar-refractivity contribution is 5.99. The first kappa shape index (κ1) is 25.5. The van der Waals surface area contributed by atoms with Crippen LogP contribution in [0.1, 0.15) is 54.8 Å². The van der Waals surface area contributed by atoms with Crippen molar-refractivity contribution >= 4 is 17.3 Å². The molecule has 5 rings (SSSR count). The quantitative estimate of drug-likeness (QED) is 0.530. The minimum atomic E-state index is -0.218. The zero-order valence-electron chi connectivity index (χ0n) is 22.3. The van der Waals surface area contributed by atoms with Crippen molar-refractivity contribution < 1.29 is 14.3 Å². The maximum absolute atomic E-state index is 13.7. The van der Waals surface area contributed by atoms with Gasteiger partial charge in [0.05, 0.1) is 24.6 Å². The van der Waals surface area contributed by atoms with Crippen molar-refractivity contribution in [2.24, 2.45) is 11.8 Å². The average molecular weight is 503 g/mol. The van der Waals surface area contributed by atoms with Crippen molar-refractivity contribution in [2.45, 2.75) is 46.2 Å². The minimum Gasteiger partial charge on any atom is -0.379 e. The lowest BCUT2D eigenvalue weighted by Gasteiger charge is -2.34. The fraction of sp³-hybridized carbons (Fsp3) is 0.467. The second-order valence-corrected chi connectivity index (χ2v) is 10.7. The van der Waals surface area contributed by atoms with Crippen LogP contribution in [0, 0.1) is 18.8 Å². The third kappa shape index (κ3) is 5.03. The number of fused-ring (bicyclic) bond motifs is 1. The highest BCUT2D eigenvalue weighted by Gasteiger charge is 2.33. The Labute approximate surface area is 219 Å². The zero-order valence-corrected chi connectivity index (χ0v) is 22.3. The zero-order chi connectivity index (χ0) is 26.1. The van der Waals surface area contributed by atoms with Crippen molar-refractivity contribution in [3.8, 4) is 11.1 Å². The van der Waals surface area contributed by atoms with Crippen LogP contribution in [0.2, 0.25) is 0 Å². The molecule has 196 valence electrons. The van der Waals surface area contributed by atoms with E-state index in [1.807, 2.05) is 38.1 Å². The number of nitrogens with zero attached hydrogens (tertiary/aromatic N) is 2. The standard InChI is InChI=1S/C30H38N4O3/c1-19-16-20(2)32-30(36)26(19)18-31-29(35)25-17-27-24(23-8-6-5-7-9-23)10-11-34(27)28(21(25)3)22(4)33-12-14-37-15-13-33/h5-11,17,19-20,22,26H,12-16,18H2,1-4H3,(H,31,35)(H,32,36). The summed E-state index contributed by atoms with van der Waals surface area (Å²) in [4.78, 5) is 28.7. The molecule has 4 atom stereocenters. The van der Waals surface area contributed by atoms with E-state index in [9.17, 15) is 9.59 Å². The van der Waals surface area contributed by atoms with Gasteiger partial charge in [0.15, 0.2) is 0 Å². The highest BCUT2D eigenvalue weighted by atomic mass is 16.5. The summed E-state index contributed by atoms with van der Waals surface area (Å²) in [6.07, 6.45) is 3.04. The molecule has 2 aromatic heterocycles. The lowest BCUT2D eigenvalue weighted by atomic mass is 9.84. The Kier molecular flexibility index (Phi) is 7.36. The van der Waals surface area contributed by atoms with Crippen LogP contribution < -0.4 is 10.6 Å². The van der Waals surface area contributed by atoms with E-state index >= 15 is 0 Å². The average Bonchev–Trinajstić information content (AvgIpc) is 3.31. The Morgan fingerprint density at radius 3 is 2.59 bits per heavy atom. The molecule has 2 amide bonds. The number of benzene rings is 1. The third-order valence-electron chi connectivity index (χ3n) is 8.19. The van der Waals surface area contributed by atoms with Gasteiger partial charge in [-0.15, -0.1) is 0 Å². The fourth-order valence-corrected chi connectivity index (χ4v) is 6.10. The number of hydrogen-bond donors (Lipinski definition) is 2. The van der Waals surface area contributed by atoms with Crippen molar-refractivity contribution in [3.05, 3.63) is 65.5 Å². The molecule has 3 aromatic rings. The highest BCUT2D eigenvalue weighted by Crippen LogP contribution is 2.34. The molecule has 2 aliphatic heterocycles. The van der Waals surface area contributed by atoms with Crippen LogP contribution in [0.25, 0.3) is 16.6 Å². The van der Waals surface area contributed by atoms with Gasteiger partial charge in [0, 0.05) is 54.7 Å². The molecule has 2 aliphatic rings. The van der Waals surface area contributed by atoms with Gasteiger partial charge < -0.3 is 19.8 Å². The summed E-state index contributed by atoms with van der Waals surface area (Å²) in [7, 11) is 0. The molecule has 2 fully saturated rings. The topological polar surface area (TPSA) is 75.1 Å². The lowest BCUT2D eigenvalue weighted by molar-refractivity contribution is -0.129. The van der Waals surface area contributed by atoms with Crippen molar-refractivity contribution in [2.75, 3.05) is 32.8 Å². The minimum absolute atomic E-state index is 0.0262. The van der Waals surface area contributed by atoms with E-state index in [4.69, 9.17) is 4.74 Å². The van der Waals surface area contributed by atoms with Crippen LogP contribution in [0.3, 0.4) is 0 Å². The van der Waals surface area contributed by atoms with Crippen LogP contribution in [0.5, 0.6) is 0 Å². The summed E-state index contributed by atoms with van der Waals surface area (Å²) in [5.41, 5.74) is 5.97. The van der Waals surface area contributed by atoms with Gasteiger partial charge in [-0.3, -0.25) is 14.5 Å². The number of aromatic nitrogens is 1. The summed E-state index contributed by atoms with van der Waals surface area (Å²) in [5.74, 6) is -0.100. The number of carbonyl (C=O) groups excluding carboxylic acids is 2. The first-order valence-electron chi connectivity index (χ1n) is 13.5. The van der Waals surface area contributed by atoms with Crippen LogP contribution in [-0.4, -0.2) is 60.0 Å². The molecule has 0 bridgehead atoms. The maximum Gasteiger partial charge on any atom is 0.251 e. The van der Waals surface area contributed by atoms with E-state index in [0.717, 1.165) is 47.4 Å². The van der Waals surface area contributed by atoms with Gasteiger partial charge in [-0.25, -0.2) is 0 Å². The normalized spacial score (nSPS) is 23.6. The van der Waals surface area contributed by atoms with Gasteiger partial charge in [-0.1, -0.05) is 37.3 Å². The molecule has 0 spiro atoms. The van der Waals surface area contributed by atoms with Crippen molar-refractivity contribution in [1.82, 2.24) is 19.9 Å². The number of hydrogen-bond acceptors (Lipinski definition) is 4. The number of ether oxygens (including phenoxy) is 1. The Morgan fingerprint density at radius 2 is 1.89 bits per heavy atom. The van der Waals surface area contributed by atoms with Crippen LogP contribution in [0.4, 0.5) is 0 Å². The molecule has 7 nitrogen and oxygen atoms in total. The summed E-state index contributed by atoms with van der Waals surface area (Å²) in [6.45, 7) is 11.9. The van der Waals surface area contributed by atoms with Crippen molar-refractivity contribution in [3.63, 3.8) is 0 Å². The van der Waals surface area contributed by atoms with E-state index in [0.29, 0.717) is 25.3 Å². The van der Waals surface area contributed by atoms with E-state index in [1.165, 1.54) is 0 Å². The molecule has 7 heteroatoms. The van der Waals surface area contributed by atoms with E-state index < -0.39 is 0 Å². The SMILES string of the molecule is Cc1c(C(=O)NCC2C(=O)NC(C)CC2C)cc2c(-c3ccccc3)ccn2c1C(C)N1CCOCC1. The molecule has 2 N–H and O–H groups in total. The summed E-state index contributed by atoms with van der Waals surface area (Å²) >= 11 is 0. The summed E-state index contributed by atoms with van der Waals surface area (Å²) in [6, 6.07) is 14.7. The maximum atomic E-state index is 13.7. The number of amides is 2. The molecule has 0 aliphatic carbocycles. The Balaban J connectivity index is 1.53.